The van der Waals surface area contributed by atoms with Gasteiger partial charge in [-0.15, -0.1) is 0 Å². The van der Waals surface area contributed by atoms with Gasteiger partial charge in [0.2, 0.25) is 5.91 Å². The van der Waals surface area contributed by atoms with Gasteiger partial charge in [0.15, 0.2) is 0 Å². The molecule has 5 nitrogen and oxygen atoms in total. The number of rotatable bonds is 4. The van der Waals surface area contributed by atoms with E-state index in [1.807, 2.05) is 0 Å². The van der Waals surface area contributed by atoms with Gasteiger partial charge < -0.3 is 15.7 Å². The van der Waals surface area contributed by atoms with Crippen LogP contribution in [0.15, 0.2) is 18.2 Å². The highest BCUT2D eigenvalue weighted by Gasteiger charge is 2.26. The van der Waals surface area contributed by atoms with Crippen molar-refractivity contribution in [3.63, 3.8) is 0 Å². The minimum absolute atomic E-state index is 0.0169. The van der Waals surface area contributed by atoms with Gasteiger partial charge in [0.05, 0.1) is 12.1 Å². The van der Waals surface area contributed by atoms with Crippen LogP contribution in [0.1, 0.15) is 36.0 Å². The molecule has 1 aromatic carbocycles. The molecule has 2 rings (SSSR count). The molecule has 0 aliphatic carbocycles. The number of amides is 1. The van der Waals surface area contributed by atoms with E-state index < -0.39 is 17.7 Å². The Labute approximate surface area is 116 Å². The van der Waals surface area contributed by atoms with Crippen molar-refractivity contribution in [1.82, 2.24) is 0 Å². The van der Waals surface area contributed by atoms with E-state index in [0.717, 1.165) is 25.3 Å². The van der Waals surface area contributed by atoms with Gasteiger partial charge in [0.25, 0.3) is 0 Å². The standard InChI is InChI=1S/C14H17FN2O3/c15-11-7-9(14(16)20)4-5-12(11)17-6-2-1-3-10(17)8-13(18)19/h4-5,7,10H,1-3,6,8H2,(H2,16,20)(H,18,19). The summed E-state index contributed by atoms with van der Waals surface area (Å²) in [5.41, 5.74) is 5.55. The lowest BCUT2D eigenvalue weighted by Gasteiger charge is -2.37. The largest absolute Gasteiger partial charge is 0.481 e. The Bertz CT molecular complexity index is 533. The molecule has 20 heavy (non-hydrogen) atoms. The van der Waals surface area contributed by atoms with Crippen LogP contribution in [0.3, 0.4) is 0 Å². The zero-order valence-electron chi connectivity index (χ0n) is 11.0. The van der Waals surface area contributed by atoms with E-state index in [2.05, 4.69) is 0 Å². The van der Waals surface area contributed by atoms with Crippen molar-refractivity contribution in [2.75, 3.05) is 11.4 Å². The van der Waals surface area contributed by atoms with Crippen LogP contribution in [0.25, 0.3) is 0 Å². The molecular weight excluding hydrogens is 263 g/mol. The molecule has 1 amide bonds. The first-order chi connectivity index (χ1) is 9.49. The van der Waals surface area contributed by atoms with Crippen LogP contribution in [-0.4, -0.2) is 29.6 Å². The third kappa shape index (κ3) is 3.07. The van der Waals surface area contributed by atoms with E-state index in [4.69, 9.17) is 10.8 Å². The molecule has 0 aromatic heterocycles. The van der Waals surface area contributed by atoms with Crippen molar-refractivity contribution in [3.05, 3.63) is 29.6 Å². The lowest BCUT2D eigenvalue weighted by Crippen LogP contribution is -2.41. The normalized spacial score (nSPS) is 18.9. The molecule has 0 bridgehead atoms. The fourth-order valence-electron chi connectivity index (χ4n) is 2.62. The van der Waals surface area contributed by atoms with Crippen molar-refractivity contribution < 1.29 is 19.1 Å². The molecule has 1 aromatic rings. The van der Waals surface area contributed by atoms with Crippen LogP contribution in [0.5, 0.6) is 0 Å². The van der Waals surface area contributed by atoms with Gasteiger partial charge in [0, 0.05) is 18.2 Å². The van der Waals surface area contributed by atoms with Crippen molar-refractivity contribution in [2.24, 2.45) is 5.73 Å². The Kier molecular flexibility index (Phi) is 4.22. The lowest BCUT2D eigenvalue weighted by molar-refractivity contribution is -0.137. The van der Waals surface area contributed by atoms with Crippen molar-refractivity contribution in [2.45, 2.75) is 31.7 Å². The number of carbonyl (C=O) groups is 2. The number of hydrogen-bond donors (Lipinski definition) is 2. The van der Waals surface area contributed by atoms with E-state index in [-0.39, 0.29) is 18.0 Å². The van der Waals surface area contributed by atoms with Gasteiger partial charge in [-0.3, -0.25) is 9.59 Å². The summed E-state index contributed by atoms with van der Waals surface area (Å²) in [5, 5.41) is 8.94. The number of benzene rings is 1. The molecule has 3 N–H and O–H groups in total. The van der Waals surface area contributed by atoms with Gasteiger partial charge in [-0.25, -0.2) is 4.39 Å². The number of halogens is 1. The zero-order chi connectivity index (χ0) is 14.7. The number of primary amides is 1. The number of anilines is 1. The van der Waals surface area contributed by atoms with Crippen LogP contribution in [-0.2, 0) is 4.79 Å². The highest BCUT2D eigenvalue weighted by molar-refractivity contribution is 5.93. The summed E-state index contributed by atoms with van der Waals surface area (Å²) in [7, 11) is 0. The van der Waals surface area contributed by atoms with Crippen molar-refractivity contribution in [3.8, 4) is 0 Å². The second-order valence-corrected chi connectivity index (χ2v) is 4.97. The Morgan fingerprint density at radius 2 is 2.15 bits per heavy atom. The topological polar surface area (TPSA) is 83.6 Å². The summed E-state index contributed by atoms with van der Waals surface area (Å²) >= 11 is 0. The number of carboxylic acids is 1. The minimum Gasteiger partial charge on any atom is -0.481 e. The average Bonchev–Trinajstić information content (AvgIpc) is 2.39. The molecule has 0 radical (unpaired) electrons. The zero-order valence-corrected chi connectivity index (χ0v) is 11.0. The van der Waals surface area contributed by atoms with Crippen LogP contribution >= 0.6 is 0 Å². The molecule has 1 atom stereocenters. The lowest BCUT2D eigenvalue weighted by atomic mass is 9.98. The quantitative estimate of drug-likeness (QED) is 0.880. The Morgan fingerprint density at radius 1 is 1.40 bits per heavy atom. The van der Waals surface area contributed by atoms with Crippen LogP contribution in [0, 0.1) is 5.82 Å². The number of nitrogens with two attached hydrogens (primary N) is 1. The van der Waals surface area contributed by atoms with Crippen LogP contribution in [0.2, 0.25) is 0 Å². The third-order valence-electron chi connectivity index (χ3n) is 3.58. The number of hydrogen-bond acceptors (Lipinski definition) is 3. The molecule has 6 heteroatoms. The predicted molar refractivity (Wildman–Crippen MR) is 72.2 cm³/mol. The second kappa shape index (κ2) is 5.90. The Hall–Kier alpha value is -2.11. The van der Waals surface area contributed by atoms with Gasteiger partial charge in [-0.2, -0.15) is 0 Å². The first-order valence-corrected chi connectivity index (χ1v) is 6.57. The van der Waals surface area contributed by atoms with Crippen LogP contribution in [0.4, 0.5) is 10.1 Å². The summed E-state index contributed by atoms with van der Waals surface area (Å²) in [4.78, 5) is 23.7. The van der Waals surface area contributed by atoms with Gasteiger partial charge in [0.1, 0.15) is 5.82 Å². The van der Waals surface area contributed by atoms with E-state index in [1.165, 1.54) is 12.1 Å². The molecule has 1 aliphatic rings. The molecule has 1 fully saturated rings. The fourth-order valence-corrected chi connectivity index (χ4v) is 2.62. The minimum atomic E-state index is -0.893. The third-order valence-corrected chi connectivity index (χ3v) is 3.58. The monoisotopic (exact) mass is 280 g/mol. The van der Waals surface area contributed by atoms with Gasteiger partial charge in [-0.1, -0.05) is 0 Å². The Balaban J connectivity index is 2.27. The van der Waals surface area contributed by atoms with Crippen molar-refractivity contribution >= 4 is 17.6 Å². The molecule has 0 saturated carbocycles. The van der Waals surface area contributed by atoms with E-state index in [1.54, 1.807) is 4.90 Å². The number of carbonyl (C=O) groups excluding carboxylic acids is 1. The highest BCUT2D eigenvalue weighted by Crippen LogP contribution is 2.29. The highest BCUT2D eigenvalue weighted by atomic mass is 19.1. The van der Waals surface area contributed by atoms with E-state index in [0.29, 0.717) is 12.2 Å². The van der Waals surface area contributed by atoms with Gasteiger partial charge >= 0.3 is 5.97 Å². The number of aliphatic carboxylic acids is 1. The molecular formula is C14H17FN2O3. The molecule has 1 aliphatic heterocycles. The molecule has 1 unspecified atom stereocenters. The van der Waals surface area contributed by atoms with Crippen molar-refractivity contribution in [1.29, 1.82) is 0 Å². The summed E-state index contributed by atoms with van der Waals surface area (Å²) < 4.78 is 14.1. The first kappa shape index (κ1) is 14.3. The Morgan fingerprint density at radius 3 is 2.75 bits per heavy atom. The maximum atomic E-state index is 14.1. The SMILES string of the molecule is NC(=O)c1ccc(N2CCCCC2CC(=O)O)c(F)c1. The summed E-state index contributed by atoms with van der Waals surface area (Å²) in [6.45, 7) is 0.616. The fraction of sp³-hybridized carbons (Fsp3) is 0.429. The van der Waals surface area contributed by atoms with E-state index in [9.17, 15) is 14.0 Å². The maximum absolute atomic E-state index is 14.1. The summed E-state index contributed by atoms with van der Waals surface area (Å²) in [6, 6.07) is 3.85. The average molecular weight is 280 g/mol. The maximum Gasteiger partial charge on any atom is 0.305 e. The molecule has 1 heterocycles. The smallest absolute Gasteiger partial charge is 0.305 e. The van der Waals surface area contributed by atoms with Crippen LogP contribution < -0.4 is 10.6 Å². The number of nitrogens with zero attached hydrogens (tertiary/aromatic N) is 1. The second-order valence-electron chi connectivity index (χ2n) is 4.97. The number of piperidine rings is 1. The molecule has 1 saturated heterocycles. The summed E-state index contributed by atoms with van der Waals surface area (Å²) in [5.74, 6) is -2.12. The summed E-state index contributed by atoms with van der Waals surface area (Å²) in [6.07, 6.45) is 2.54. The number of carboxylic acid groups (broad SMARTS) is 1. The predicted octanol–water partition coefficient (Wildman–Crippen LogP) is 1.76. The van der Waals surface area contributed by atoms with E-state index >= 15 is 0 Å². The van der Waals surface area contributed by atoms with Gasteiger partial charge in [-0.05, 0) is 37.5 Å². The molecule has 0 spiro atoms. The molecule has 108 valence electrons. The first-order valence-electron chi connectivity index (χ1n) is 6.57.